The second kappa shape index (κ2) is 12.8. The first-order valence-corrected chi connectivity index (χ1v) is 10.6. The number of carbonyl (C=O) groups is 2. The first-order valence-electron chi connectivity index (χ1n) is 10.6. The van der Waals surface area contributed by atoms with Crippen LogP contribution in [-0.4, -0.2) is 54.7 Å². The van der Waals surface area contributed by atoms with Gasteiger partial charge in [0.2, 0.25) is 0 Å². The quantitative estimate of drug-likeness (QED) is 0.227. The molecule has 4 aromatic rings. The standard InChI is InChI=1S/C19H16FN5O.2C2HF3O2/c20-14-3-1-2-11(6-14)7-16(21)18-24-17-5-4-12(13-9-22-23-10-13)8-15(17)19(26)25-18;2*3-2(4,5)1(6)7/h1-6,8-10,16H,7,21H2,(H,22,23)(H,24,25,26);2*(H,6,7)/t16-;;/m1../s1. The topological polar surface area (TPSA) is 175 Å². The zero-order chi connectivity index (χ0) is 30.3. The maximum Gasteiger partial charge on any atom is 0.490 e. The largest absolute Gasteiger partial charge is 0.490 e. The van der Waals surface area contributed by atoms with Gasteiger partial charge in [-0.2, -0.15) is 31.4 Å². The van der Waals surface area contributed by atoms with E-state index in [-0.39, 0.29) is 11.4 Å². The summed E-state index contributed by atoms with van der Waals surface area (Å²) in [7, 11) is 0. The monoisotopic (exact) mass is 577 g/mol. The number of carboxylic acids is 2. The number of aliphatic carboxylic acids is 2. The highest BCUT2D eigenvalue weighted by molar-refractivity contribution is 5.83. The average molecular weight is 577 g/mol. The molecule has 0 unspecified atom stereocenters. The predicted molar refractivity (Wildman–Crippen MR) is 124 cm³/mol. The van der Waals surface area contributed by atoms with Gasteiger partial charge in [0.15, 0.2) is 0 Å². The van der Waals surface area contributed by atoms with Crippen molar-refractivity contribution < 1.29 is 50.5 Å². The van der Waals surface area contributed by atoms with Crippen LogP contribution in [0, 0.1) is 5.82 Å². The van der Waals surface area contributed by atoms with Crippen LogP contribution in [-0.2, 0) is 16.0 Å². The Morgan fingerprint density at radius 2 is 1.55 bits per heavy atom. The third-order valence-corrected chi connectivity index (χ3v) is 4.74. The number of aromatic nitrogens is 4. The van der Waals surface area contributed by atoms with Crippen molar-refractivity contribution in [1.82, 2.24) is 20.2 Å². The molecule has 0 saturated carbocycles. The molecular weight excluding hydrogens is 559 g/mol. The van der Waals surface area contributed by atoms with Crippen molar-refractivity contribution in [1.29, 1.82) is 0 Å². The molecule has 2 heterocycles. The van der Waals surface area contributed by atoms with E-state index in [9.17, 15) is 35.5 Å². The van der Waals surface area contributed by atoms with E-state index in [1.807, 2.05) is 6.07 Å². The Labute approximate surface area is 218 Å². The minimum absolute atomic E-state index is 0.259. The minimum atomic E-state index is -5.08. The lowest BCUT2D eigenvalue weighted by Gasteiger charge is -2.12. The van der Waals surface area contributed by atoms with Gasteiger partial charge in [-0.3, -0.25) is 9.89 Å². The van der Waals surface area contributed by atoms with Gasteiger partial charge in [0.05, 0.1) is 23.1 Å². The molecule has 0 fully saturated rings. The normalized spacial score (nSPS) is 12.0. The van der Waals surface area contributed by atoms with Crippen LogP contribution in [0.5, 0.6) is 0 Å². The Balaban J connectivity index is 0.000000333. The van der Waals surface area contributed by atoms with E-state index in [0.29, 0.717) is 23.1 Å². The van der Waals surface area contributed by atoms with Gasteiger partial charge in [-0.05, 0) is 41.8 Å². The van der Waals surface area contributed by atoms with Crippen molar-refractivity contribution in [2.75, 3.05) is 0 Å². The Morgan fingerprint density at radius 1 is 0.950 bits per heavy atom. The van der Waals surface area contributed by atoms with E-state index in [2.05, 4.69) is 20.2 Å². The van der Waals surface area contributed by atoms with Crippen LogP contribution >= 0.6 is 0 Å². The number of aromatic amines is 2. The van der Waals surface area contributed by atoms with Gasteiger partial charge in [0.25, 0.3) is 5.56 Å². The number of fused-ring (bicyclic) bond motifs is 1. The highest BCUT2D eigenvalue weighted by atomic mass is 19.4. The molecule has 1 atom stereocenters. The van der Waals surface area contributed by atoms with Crippen LogP contribution in [0.15, 0.2) is 59.7 Å². The summed E-state index contributed by atoms with van der Waals surface area (Å²) in [4.78, 5) is 37.5. The minimum Gasteiger partial charge on any atom is -0.475 e. The third-order valence-electron chi connectivity index (χ3n) is 4.74. The van der Waals surface area contributed by atoms with E-state index in [1.54, 1.807) is 36.7 Å². The van der Waals surface area contributed by atoms with Crippen molar-refractivity contribution in [3.63, 3.8) is 0 Å². The van der Waals surface area contributed by atoms with Gasteiger partial charge >= 0.3 is 24.3 Å². The zero-order valence-corrected chi connectivity index (χ0v) is 19.7. The molecule has 0 aliphatic carbocycles. The molecule has 0 radical (unpaired) electrons. The molecule has 40 heavy (non-hydrogen) atoms. The van der Waals surface area contributed by atoms with Gasteiger partial charge in [-0.25, -0.2) is 19.0 Å². The van der Waals surface area contributed by atoms with Crippen molar-refractivity contribution >= 4 is 22.8 Å². The molecule has 2 aromatic carbocycles. The lowest BCUT2D eigenvalue weighted by Crippen LogP contribution is -2.21. The number of hydrogen-bond donors (Lipinski definition) is 5. The first kappa shape index (κ1) is 31.4. The van der Waals surface area contributed by atoms with E-state index < -0.39 is 30.3 Å². The Bertz CT molecular complexity index is 1500. The van der Waals surface area contributed by atoms with Crippen molar-refractivity contribution in [2.45, 2.75) is 24.8 Å². The van der Waals surface area contributed by atoms with E-state index in [0.717, 1.165) is 16.7 Å². The summed E-state index contributed by atoms with van der Waals surface area (Å²) in [6.07, 6.45) is -6.35. The van der Waals surface area contributed by atoms with Crippen molar-refractivity contribution in [2.24, 2.45) is 5.73 Å². The van der Waals surface area contributed by atoms with E-state index in [4.69, 9.17) is 25.5 Å². The van der Waals surface area contributed by atoms with Gasteiger partial charge in [-0.15, -0.1) is 0 Å². The fraction of sp³-hybridized carbons (Fsp3) is 0.174. The van der Waals surface area contributed by atoms with Gasteiger partial charge in [0, 0.05) is 11.8 Å². The maximum atomic E-state index is 13.3. The molecule has 0 saturated heterocycles. The molecule has 0 aliphatic heterocycles. The smallest absolute Gasteiger partial charge is 0.475 e. The van der Waals surface area contributed by atoms with Crippen LogP contribution in [0.2, 0.25) is 0 Å². The lowest BCUT2D eigenvalue weighted by atomic mass is 10.0. The number of carboxylic acid groups (broad SMARTS) is 2. The third kappa shape index (κ3) is 9.19. The van der Waals surface area contributed by atoms with Gasteiger partial charge < -0.3 is 20.9 Å². The summed E-state index contributed by atoms with van der Waals surface area (Å²) < 4.78 is 76.8. The number of H-pyrrole nitrogens is 2. The fourth-order valence-corrected chi connectivity index (χ4v) is 2.94. The van der Waals surface area contributed by atoms with Crippen molar-refractivity contribution in [3.05, 3.63) is 82.4 Å². The number of halogens is 7. The molecule has 10 nitrogen and oxygen atoms in total. The second-order valence-electron chi connectivity index (χ2n) is 7.72. The number of hydrogen-bond acceptors (Lipinski definition) is 6. The summed E-state index contributed by atoms with van der Waals surface area (Å²) in [6, 6.07) is 11.1. The van der Waals surface area contributed by atoms with E-state index >= 15 is 0 Å². The van der Waals surface area contributed by atoms with Crippen LogP contribution in [0.1, 0.15) is 17.4 Å². The summed E-state index contributed by atoms with van der Waals surface area (Å²) in [6.45, 7) is 0. The number of alkyl halides is 6. The molecular formula is C23H18F7N5O5. The number of nitrogens with two attached hydrogens (primary N) is 1. The Kier molecular flexibility index (Phi) is 10.1. The summed E-state index contributed by atoms with van der Waals surface area (Å²) in [5, 5.41) is 21.4. The highest BCUT2D eigenvalue weighted by Crippen LogP contribution is 2.22. The molecule has 4 rings (SSSR count). The molecule has 0 aliphatic rings. The number of benzene rings is 2. The molecule has 214 valence electrons. The lowest BCUT2D eigenvalue weighted by molar-refractivity contribution is -0.193. The Hall–Kier alpha value is -4.80. The van der Waals surface area contributed by atoms with Crippen LogP contribution in [0.4, 0.5) is 30.7 Å². The zero-order valence-electron chi connectivity index (χ0n) is 19.7. The number of nitrogens with one attached hydrogen (secondary N) is 2. The van der Waals surface area contributed by atoms with Gasteiger partial charge in [-0.1, -0.05) is 18.2 Å². The summed E-state index contributed by atoms with van der Waals surface area (Å²) in [5.41, 5.74) is 8.98. The summed E-state index contributed by atoms with van der Waals surface area (Å²) in [5.74, 6) is -5.45. The predicted octanol–water partition coefficient (Wildman–Crippen LogP) is 3.96. The fourth-order valence-electron chi connectivity index (χ4n) is 2.94. The number of rotatable bonds is 4. The molecule has 0 bridgehead atoms. The average Bonchev–Trinajstić information content (AvgIpc) is 3.38. The van der Waals surface area contributed by atoms with Crippen LogP contribution < -0.4 is 11.3 Å². The SMILES string of the molecule is N[C@H](Cc1cccc(F)c1)c1nc2ccc(-c3cn[nH]c3)cc2c(=O)[nH]1.O=C(O)C(F)(F)F.O=C(O)C(F)(F)F. The molecule has 17 heteroatoms. The molecule has 2 aromatic heterocycles. The highest BCUT2D eigenvalue weighted by Gasteiger charge is 2.38. The Morgan fingerprint density at radius 3 is 2.05 bits per heavy atom. The number of nitrogens with zero attached hydrogens (tertiary/aromatic N) is 2. The second-order valence-corrected chi connectivity index (χ2v) is 7.72. The maximum absolute atomic E-state index is 13.3. The molecule has 6 N–H and O–H groups in total. The summed E-state index contributed by atoms with van der Waals surface area (Å²) >= 11 is 0. The molecule has 0 amide bonds. The molecule has 0 spiro atoms. The van der Waals surface area contributed by atoms with E-state index in [1.165, 1.54) is 12.1 Å². The van der Waals surface area contributed by atoms with Gasteiger partial charge in [0.1, 0.15) is 11.6 Å². The first-order chi connectivity index (χ1) is 18.5. The van der Waals surface area contributed by atoms with Crippen LogP contribution in [0.25, 0.3) is 22.0 Å². The van der Waals surface area contributed by atoms with Crippen LogP contribution in [0.3, 0.4) is 0 Å². The van der Waals surface area contributed by atoms with Crippen molar-refractivity contribution in [3.8, 4) is 11.1 Å².